The zero-order valence-corrected chi connectivity index (χ0v) is 16.1. The maximum atomic E-state index is 12.9. The third kappa shape index (κ3) is 4.56. The number of nitrogens with zero attached hydrogens (tertiary/aromatic N) is 3. The fraction of sp³-hybridized carbons (Fsp3) is 0.273. The predicted octanol–water partition coefficient (Wildman–Crippen LogP) is 3.70. The number of carbonyl (C=O) groups excluding carboxylic acids is 1. The standard InChI is InChI=1S/C22H25N3O2/c1-17-21(18(2)25(23-17)16-19-10-6-4-7-11-19)22(26)24(3)14-15-27-20-12-8-5-9-13-20/h4-13H,14-16H2,1-3H3. The van der Waals surface area contributed by atoms with E-state index in [0.29, 0.717) is 25.3 Å². The summed E-state index contributed by atoms with van der Waals surface area (Å²) in [4.78, 5) is 14.6. The summed E-state index contributed by atoms with van der Waals surface area (Å²) >= 11 is 0. The Hall–Kier alpha value is -3.08. The minimum Gasteiger partial charge on any atom is -0.492 e. The van der Waals surface area contributed by atoms with Crippen LogP contribution in [0.3, 0.4) is 0 Å². The van der Waals surface area contributed by atoms with Crippen LogP contribution >= 0.6 is 0 Å². The number of rotatable bonds is 7. The zero-order valence-electron chi connectivity index (χ0n) is 16.1. The normalized spacial score (nSPS) is 10.6. The third-order valence-corrected chi connectivity index (χ3v) is 4.56. The molecule has 5 heteroatoms. The first kappa shape index (κ1) is 18.7. The molecule has 27 heavy (non-hydrogen) atoms. The number of benzene rings is 2. The molecule has 3 aromatic rings. The lowest BCUT2D eigenvalue weighted by Gasteiger charge is -2.18. The predicted molar refractivity (Wildman–Crippen MR) is 106 cm³/mol. The van der Waals surface area contributed by atoms with E-state index in [9.17, 15) is 4.79 Å². The van der Waals surface area contributed by atoms with Gasteiger partial charge in [-0.05, 0) is 31.5 Å². The van der Waals surface area contributed by atoms with Gasteiger partial charge in [0.1, 0.15) is 12.4 Å². The molecule has 2 aromatic carbocycles. The topological polar surface area (TPSA) is 47.4 Å². The van der Waals surface area contributed by atoms with Crippen molar-refractivity contribution in [2.75, 3.05) is 20.2 Å². The maximum absolute atomic E-state index is 12.9. The van der Waals surface area contributed by atoms with Crippen molar-refractivity contribution in [2.24, 2.45) is 0 Å². The Morgan fingerprint density at radius 2 is 1.67 bits per heavy atom. The Morgan fingerprint density at radius 1 is 1.04 bits per heavy atom. The molecule has 0 radical (unpaired) electrons. The number of carbonyl (C=O) groups is 1. The van der Waals surface area contributed by atoms with Crippen LogP contribution in [0.5, 0.6) is 5.75 Å². The Morgan fingerprint density at radius 3 is 2.33 bits per heavy atom. The molecule has 0 bridgehead atoms. The van der Waals surface area contributed by atoms with Gasteiger partial charge >= 0.3 is 0 Å². The monoisotopic (exact) mass is 363 g/mol. The van der Waals surface area contributed by atoms with Gasteiger partial charge in [0.25, 0.3) is 5.91 Å². The second kappa shape index (κ2) is 8.54. The highest BCUT2D eigenvalue weighted by Crippen LogP contribution is 2.17. The van der Waals surface area contributed by atoms with Crippen LogP contribution in [-0.4, -0.2) is 40.8 Å². The number of hydrogen-bond acceptors (Lipinski definition) is 3. The number of hydrogen-bond donors (Lipinski definition) is 0. The second-order valence-electron chi connectivity index (χ2n) is 6.58. The van der Waals surface area contributed by atoms with Gasteiger partial charge in [-0.25, -0.2) is 0 Å². The summed E-state index contributed by atoms with van der Waals surface area (Å²) in [5.74, 6) is 0.780. The van der Waals surface area contributed by atoms with Crippen LogP contribution in [0.15, 0.2) is 60.7 Å². The summed E-state index contributed by atoms with van der Waals surface area (Å²) in [6.07, 6.45) is 0. The van der Waals surface area contributed by atoms with Crippen LogP contribution in [0.25, 0.3) is 0 Å². The molecule has 0 aliphatic rings. The number of aromatic nitrogens is 2. The molecular formula is C22H25N3O2. The van der Waals surface area contributed by atoms with Crippen LogP contribution in [0.1, 0.15) is 27.3 Å². The average Bonchev–Trinajstić information content (AvgIpc) is 2.96. The maximum Gasteiger partial charge on any atom is 0.257 e. The lowest BCUT2D eigenvalue weighted by Crippen LogP contribution is -2.31. The number of aryl methyl sites for hydroxylation is 1. The summed E-state index contributed by atoms with van der Waals surface area (Å²) in [7, 11) is 1.80. The van der Waals surface area contributed by atoms with Crippen molar-refractivity contribution in [3.63, 3.8) is 0 Å². The van der Waals surface area contributed by atoms with Gasteiger partial charge in [0.05, 0.1) is 24.3 Å². The van der Waals surface area contributed by atoms with E-state index in [1.807, 2.05) is 67.1 Å². The van der Waals surface area contributed by atoms with E-state index in [-0.39, 0.29) is 5.91 Å². The fourth-order valence-corrected chi connectivity index (χ4v) is 3.03. The van der Waals surface area contributed by atoms with Crippen LogP contribution in [0.2, 0.25) is 0 Å². The molecular weight excluding hydrogens is 338 g/mol. The molecule has 0 aliphatic heterocycles. The smallest absolute Gasteiger partial charge is 0.257 e. The first-order valence-corrected chi connectivity index (χ1v) is 9.07. The molecule has 0 aliphatic carbocycles. The van der Waals surface area contributed by atoms with Gasteiger partial charge < -0.3 is 9.64 Å². The highest BCUT2D eigenvalue weighted by atomic mass is 16.5. The largest absolute Gasteiger partial charge is 0.492 e. The van der Waals surface area contributed by atoms with E-state index in [4.69, 9.17) is 4.74 Å². The Labute approximate surface area is 160 Å². The van der Waals surface area contributed by atoms with Crippen molar-refractivity contribution in [2.45, 2.75) is 20.4 Å². The van der Waals surface area contributed by atoms with Crippen LogP contribution < -0.4 is 4.74 Å². The highest BCUT2D eigenvalue weighted by molar-refractivity contribution is 5.96. The Bertz CT molecular complexity index is 889. The van der Waals surface area contributed by atoms with Crippen molar-refractivity contribution in [3.05, 3.63) is 83.2 Å². The molecule has 1 amide bonds. The van der Waals surface area contributed by atoms with E-state index >= 15 is 0 Å². The Kier molecular flexibility index (Phi) is 5.91. The zero-order chi connectivity index (χ0) is 19.2. The summed E-state index contributed by atoms with van der Waals surface area (Å²) < 4.78 is 7.59. The number of likely N-dealkylation sites (N-methyl/N-ethyl adjacent to an activating group) is 1. The van der Waals surface area contributed by atoms with Gasteiger partial charge in [-0.2, -0.15) is 5.10 Å². The average molecular weight is 363 g/mol. The quantitative estimate of drug-likeness (QED) is 0.643. The minimum absolute atomic E-state index is 0.0269. The first-order valence-electron chi connectivity index (χ1n) is 9.07. The van der Waals surface area contributed by atoms with Crippen molar-refractivity contribution >= 4 is 5.91 Å². The molecule has 1 aromatic heterocycles. The first-order chi connectivity index (χ1) is 13.1. The van der Waals surface area contributed by atoms with E-state index in [1.54, 1.807) is 11.9 Å². The van der Waals surface area contributed by atoms with Crippen molar-refractivity contribution < 1.29 is 9.53 Å². The van der Waals surface area contributed by atoms with Gasteiger partial charge in [-0.3, -0.25) is 9.48 Å². The third-order valence-electron chi connectivity index (χ3n) is 4.56. The molecule has 0 atom stereocenters. The molecule has 0 N–H and O–H groups in total. The van der Waals surface area contributed by atoms with Crippen LogP contribution in [0.4, 0.5) is 0 Å². The number of ether oxygens (including phenoxy) is 1. The summed E-state index contributed by atoms with van der Waals surface area (Å²) in [5, 5.41) is 4.57. The molecule has 0 fully saturated rings. The van der Waals surface area contributed by atoms with E-state index < -0.39 is 0 Å². The summed E-state index contributed by atoms with van der Waals surface area (Å²) in [6, 6.07) is 19.7. The number of para-hydroxylation sites is 1. The highest BCUT2D eigenvalue weighted by Gasteiger charge is 2.21. The molecule has 0 saturated carbocycles. The van der Waals surface area contributed by atoms with Crippen LogP contribution in [0, 0.1) is 13.8 Å². The van der Waals surface area contributed by atoms with Crippen LogP contribution in [-0.2, 0) is 6.54 Å². The summed E-state index contributed by atoms with van der Waals surface area (Å²) in [5.41, 5.74) is 3.47. The lowest BCUT2D eigenvalue weighted by atomic mass is 10.1. The fourth-order valence-electron chi connectivity index (χ4n) is 3.03. The van der Waals surface area contributed by atoms with Crippen molar-refractivity contribution in [1.82, 2.24) is 14.7 Å². The van der Waals surface area contributed by atoms with Gasteiger partial charge in [0.2, 0.25) is 0 Å². The molecule has 5 nitrogen and oxygen atoms in total. The molecule has 0 spiro atoms. The lowest BCUT2D eigenvalue weighted by molar-refractivity contribution is 0.0772. The van der Waals surface area contributed by atoms with E-state index in [1.165, 1.54) is 0 Å². The van der Waals surface area contributed by atoms with Gasteiger partial charge in [0, 0.05) is 12.7 Å². The van der Waals surface area contributed by atoms with Crippen molar-refractivity contribution in [3.8, 4) is 5.75 Å². The second-order valence-corrected chi connectivity index (χ2v) is 6.58. The molecule has 0 saturated heterocycles. The molecule has 3 rings (SSSR count). The Balaban J connectivity index is 1.65. The van der Waals surface area contributed by atoms with Gasteiger partial charge in [-0.1, -0.05) is 48.5 Å². The molecule has 1 heterocycles. The number of amides is 1. The van der Waals surface area contributed by atoms with E-state index in [0.717, 1.165) is 22.7 Å². The van der Waals surface area contributed by atoms with Gasteiger partial charge in [-0.15, -0.1) is 0 Å². The molecule has 140 valence electrons. The SMILES string of the molecule is Cc1nn(Cc2ccccc2)c(C)c1C(=O)N(C)CCOc1ccccc1. The molecule has 0 unspecified atom stereocenters. The van der Waals surface area contributed by atoms with E-state index in [2.05, 4.69) is 17.2 Å². The minimum atomic E-state index is -0.0269. The van der Waals surface area contributed by atoms with Crippen molar-refractivity contribution in [1.29, 1.82) is 0 Å². The summed E-state index contributed by atoms with van der Waals surface area (Å²) in [6.45, 7) is 5.45. The van der Waals surface area contributed by atoms with Gasteiger partial charge in [0.15, 0.2) is 0 Å².